The van der Waals surface area contributed by atoms with E-state index in [9.17, 15) is 4.79 Å². The van der Waals surface area contributed by atoms with Crippen molar-refractivity contribution in [3.05, 3.63) is 34.7 Å². The number of aromatic amines is 1. The number of nitrogens with one attached hydrogen (secondary N) is 1. The molecule has 0 aliphatic carbocycles. The van der Waals surface area contributed by atoms with Gasteiger partial charge in [-0.1, -0.05) is 12.1 Å². The Labute approximate surface area is 128 Å². The molecule has 1 aliphatic rings. The van der Waals surface area contributed by atoms with E-state index in [1.54, 1.807) is 18.0 Å². The number of aryl methyl sites for hydroxylation is 3. The molecular formula is C15H20N4O3. The average Bonchev–Trinajstić information content (AvgIpc) is 3.12. The van der Waals surface area contributed by atoms with Crippen LogP contribution in [0.1, 0.15) is 46.3 Å². The van der Waals surface area contributed by atoms with E-state index >= 15 is 0 Å². The van der Waals surface area contributed by atoms with Gasteiger partial charge in [0.15, 0.2) is 0 Å². The van der Waals surface area contributed by atoms with E-state index in [0.29, 0.717) is 43.2 Å². The minimum Gasteiger partial charge on any atom is -0.377 e. The lowest BCUT2D eigenvalue weighted by Crippen LogP contribution is -2.44. The number of hydrogen-bond acceptors (Lipinski definition) is 5. The molecule has 7 nitrogen and oxygen atoms in total. The molecule has 1 saturated heterocycles. The summed E-state index contributed by atoms with van der Waals surface area (Å²) in [6.45, 7) is 7.15. The number of amides is 1. The zero-order valence-corrected chi connectivity index (χ0v) is 13.0. The number of rotatable bonds is 3. The topological polar surface area (TPSA) is 84.2 Å². The number of morpholine rings is 1. The molecule has 1 amide bonds. The van der Waals surface area contributed by atoms with Gasteiger partial charge in [-0.05, 0) is 20.3 Å². The maximum atomic E-state index is 13.0. The van der Waals surface area contributed by atoms with Crippen LogP contribution >= 0.6 is 0 Å². The lowest BCUT2D eigenvalue weighted by molar-refractivity contribution is -0.00514. The molecule has 2 aromatic heterocycles. The number of carbonyl (C=O) groups excluding carboxylic acids is 1. The molecule has 1 N–H and O–H groups in total. The molecule has 0 unspecified atom stereocenters. The molecular weight excluding hydrogens is 284 g/mol. The molecule has 0 saturated carbocycles. The predicted molar refractivity (Wildman–Crippen MR) is 78.5 cm³/mol. The van der Waals surface area contributed by atoms with E-state index in [1.807, 2.05) is 13.8 Å². The number of carbonyl (C=O) groups is 1. The Balaban J connectivity index is 1.93. The first-order valence-electron chi connectivity index (χ1n) is 7.47. The van der Waals surface area contributed by atoms with Gasteiger partial charge in [0.05, 0.1) is 18.9 Å². The van der Waals surface area contributed by atoms with Crippen molar-refractivity contribution in [2.75, 3.05) is 19.8 Å². The maximum absolute atomic E-state index is 13.0. The first-order valence-corrected chi connectivity index (χ1v) is 7.47. The monoisotopic (exact) mass is 304 g/mol. The molecule has 0 radical (unpaired) electrons. The summed E-state index contributed by atoms with van der Waals surface area (Å²) in [6, 6.07) is -0.214. The second-order valence-corrected chi connectivity index (χ2v) is 5.45. The summed E-state index contributed by atoms with van der Waals surface area (Å²) in [7, 11) is 0. The fraction of sp³-hybridized carbons (Fsp3) is 0.533. The number of H-pyrrole nitrogens is 1. The zero-order valence-electron chi connectivity index (χ0n) is 13.0. The summed E-state index contributed by atoms with van der Waals surface area (Å²) in [4.78, 5) is 22.3. The van der Waals surface area contributed by atoms with Crippen molar-refractivity contribution in [3.8, 4) is 0 Å². The average molecular weight is 304 g/mol. The van der Waals surface area contributed by atoms with E-state index < -0.39 is 0 Å². The van der Waals surface area contributed by atoms with Crippen LogP contribution < -0.4 is 0 Å². The van der Waals surface area contributed by atoms with Gasteiger partial charge in [-0.25, -0.2) is 4.98 Å². The second-order valence-electron chi connectivity index (χ2n) is 5.45. The normalized spacial score (nSPS) is 18.7. The van der Waals surface area contributed by atoms with E-state index in [4.69, 9.17) is 9.26 Å². The molecule has 2 aromatic rings. The fourth-order valence-corrected chi connectivity index (χ4v) is 2.75. The standard InChI is InChI=1S/C15H20N4O3/c1-4-11-13(10(3)22-18-11)15(20)19-5-6-21-8-12(19)14-16-7-9(2)17-14/h7,12H,4-6,8H2,1-3H3,(H,16,17)/t12-/m1/s1. The van der Waals surface area contributed by atoms with E-state index in [2.05, 4.69) is 15.1 Å². The van der Waals surface area contributed by atoms with Gasteiger partial charge in [-0.2, -0.15) is 0 Å². The Morgan fingerprint density at radius 1 is 1.50 bits per heavy atom. The van der Waals surface area contributed by atoms with Crippen molar-refractivity contribution in [1.82, 2.24) is 20.0 Å². The van der Waals surface area contributed by atoms with E-state index in [0.717, 1.165) is 11.5 Å². The van der Waals surface area contributed by atoms with Crippen LogP contribution in [0.3, 0.4) is 0 Å². The molecule has 1 fully saturated rings. The summed E-state index contributed by atoms with van der Waals surface area (Å²) in [5.74, 6) is 1.23. The number of aromatic nitrogens is 3. The van der Waals surface area contributed by atoms with Crippen LogP contribution in [0.25, 0.3) is 0 Å². The summed E-state index contributed by atoms with van der Waals surface area (Å²) >= 11 is 0. The number of hydrogen-bond donors (Lipinski definition) is 1. The van der Waals surface area contributed by atoms with E-state index in [1.165, 1.54) is 0 Å². The zero-order chi connectivity index (χ0) is 15.7. The Morgan fingerprint density at radius 2 is 2.32 bits per heavy atom. The number of imidazole rings is 1. The fourth-order valence-electron chi connectivity index (χ4n) is 2.75. The third-order valence-electron chi connectivity index (χ3n) is 3.91. The van der Waals surface area contributed by atoms with Crippen molar-refractivity contribution in [2.45, 2.75) is 33.2 Å². The highest BCUT2D eigenvalue weighted by molar-refractivity contribution is 5.96. The molecule has 22 heavy (non-hydrogen) atoms. The van der Waals surface area contributed by atoms with Gasteiger partial charge < -0.3 is 19.1 Å². The Bertz CT molecular complexity index is 676. The summed E-state index contributed by atoms with van der Waals surface area (Å²) < 4.78 is 10.7. The largest absolute Gasteiger partial charge is 0.377 e. The van der Waals surface area contributed by atoms with Gasteiger partial charge in [-0.3, -0.25) is 4.79 Å². The number of ether oxygens (including phenoxy) is 1. The lowest BCUT2D eigenvalue weighted by Gasteiger charge is -2.34. The van der Waals surface area contributed by atoms with Crippen molar-refractivity contribution in [2.24, 2.45) is 0 Å². The minimum absolute atomic E-state index is 0.0713. The molecule has 0 spiro atoms. The van der Waals surface area contributed by atoms with E-state index in [-0.39, 0.29) is 11.9 Å². The van der Waals surface area contributed by atoms with Gasteiger partial charge in [-0.15, -0.1) is 0 Å². The van der Waals surface area contributed by atoms with Crippen LogP contribution in [0.5, 0.6) is 0 Å². The Hall–Kier alpha value is -2.15. The second kappa shape index (κ2) is 5.92. The molecule has 3 rings (SSSR count). The third kappa shape index (κ3) is 2.52. The molecule has 0 bridgehead atoms. The Kier molecular flexibility index (Phi) is 3.98. The summed E-state index contributed by atoms with van der Waals surface area (Å²) in [5.41, 5.74) is 2.23. The molecule has 1 atom stereocenters. The lowest BCUT2D eigenvalue weighted by atomic mass is 10.1. The van der Waals surface area contributed by atoms with Crippen molar-refractivity contribution < 1.29 is 14.1 Å². The first-order chi connectivity index (χ1) is 10.6. The first kappa shape index (κ1) is 14.8. The van der Waals surface area contributed by atoms with Crippen molar-refractivity contribution >= 4 is 5.91 Å². The van der Waals surface area contributed by atoms with Crippen LogP contribution in [-0.4, -0.2) is 45.7 Å². The summed E-state index contributed by atoms with van der Waals surface area (Å²) in [5, 5.41) is 3.97. The highest BCUT2D eigenvalue weighted by Crippen LogP contribution is 2.26. The van der Waals surface area contributed by atoms with Crippen molar-refractivity contribution in [3.63, 3.8) is 0 Å². The van der Waals surface area contributed by atoms with Gasteiger partial charge in [0.25, 0.3) is 5.91 Å². The SMILES string of the molecule is CCc1noc(C)c1C(=O)N1CCOC[C@@H]1c1ncc(C)[nH]1. The minimum atomic E-state index is -0.214. The van der Waals surface area contributed by atoms with Crippen molar-refractivity contribution in [1.29, 1.82) is 0 Å². The molecule has 118 valence electrons. The van der Waals surface area contributed by atoms with Gasteiger partial charge in [0.2, 0.25) is 0 Å². The van der Waals surface area contributed by atoms with Crippen LogP contribution in [0.4, 0.5) is 0 Å². The molecule has 7 heteroatoms. The number of nitrogens with zero attached hydrogens (tertiary/aromatic N) is 3. The van der Waals surface area contributed by atoms with Crippen LogP contribution in [0.15, 0.2) is 10.7 Å². The predicted octanol–water partition coefficient (Wildman–Crippen LogP) is 1.79. The van der Waals surface area contributed by atoms with Gasteiger partial charge in [0.1, 0.15) is 23.2 Å². The highest BCUT2D eigenvalue weighted by Gasteiger charge is 2.34. The van der Waals surface area contributed by atoms with Crippen LogP contribution in [0, 0.1) is 13.8 Å². The van der Waals surface area contributed by atoms with Crippen LogP contribution in [0.2, 0.25) is 0 Å². The smallest absolute Gasteiger partial charge is 0.260 e. The third-order valence-corrected chi connectivity index (χ3v) is 3.91. The van der Waals surface area contributed by atoms with Gasteiger partial charge >= 0.3 is 0 Å². The molecule has 1 aliphatic heterocycles. The maximum Gasteiger partial charge on any atom is 0.260 e. The summed E-state index contributed by atoms with van der Waals surface area (Å²) in [6.07, 6.45) is 2.42. The van der Waals surface area contributed by atoms with Gasteiger partial charge in [0, 0.05) is 18.4 Å². The highest BCUT2D eigenvalue weighted by atomic mass is 16.5. The van der Waals surface area contributed by atoms with Crippen LogP contribution in [-0.2, 0) is 11.2 Å². The Morgan fingerprint density at radius 3 is 3.00 bits per heavy atom. The molecule has 3 heterocycles. The molecule has 0 aromatic carbocycles. The quantitative estimate of drug-likeness (QED) is 0.934.